The molecule has 0 amide bonds. The van der Waals surface area contributed by atoms with E-state index in [0.29, 0.717) is 18.4 Å². The Bertz CT molecular complexity index is 701. The van der Waals surface area contributed by atoms with Crippen LogP contribution in [0.4, 0.5) is 0 Å². The molecule has 0 saturated heterocycles. The van der Waals surface area contributed by atoms with Crippen LogP contribution in [0.1, 0.15) is 51.8 Å². The summed E-state index contributed by atoms with van der Waals surface area (Å²) in [5, 5.41) is 6.52. The van der Waals surface area contributed by atoms with E-state index < -0.39 is 15.6 Å². The van der Waals surface area contributed by atoms with Crippen LogP contribution in [-0.2, 0) is 16.4 Å². The molecule has 0 aliphatic carbocycles. The first kappa shape index (κ1) is 26.1. The third-order valence-electron chi connectivity index (χ3n) is 3.86. The molecule has 8 heteroatoms. The molecule has 0 saturated carbocycles. The lowest BCUT2D eigenvalue weighted by atomic mass is 10.00. The largest absolute Gasteiger partial charge is 0.355 e. The van der Waals surface area contributed by atoms with Gasteiger partial charge in [0.1, 0.15) is 0 Å². The second-order valence-corrected chi connectivity index (χ2v) is 9.64. The number of aliphatic imine (C=N–C) groups is 1. The molecule has 0 aliphatic heterocycles. The average molecular weight is 510 g/mol. The molecular formula is C19H35IN4O2S. The molecule has 6 nitrogen and oxygen atoms in total. The Hall–Kier alpha value is -0.870. The summed E-state index contributed by atoms with van der Waals surface area (Å²) in [7, 11) is -1.57. The van der Waals surface area contributed by atoms with Crippen molar-refractivity contribution in [1.29, 1.82) is 0 Å². The van der Waals surface area contributed by atoms with Crippen molar-refractivity contribution in [2.24, 2.45) is 10.9 Å². The number of hydrogen-bond acceptors (Lipinski definition) is 3. The van der Waals surface area contributed by atoms with E-state index in [-0.39, 0.29) is 30.0 Å². The number of benzene rings is 1. The summed E-state index contributed by atoms with van der Waals surface area (Å²) in [5.74, 6) is 1.27. The van der Waals surface area contributed by atoms with Gasteiger partial charge in [0.15, 0.2) is 5.96 Å². The molecule has 1 atom stereocenters. The van der Waals surface area contributed by atoms with E-state index in [0.717, 1.165) is 12.7 Å². The van der Waals surface area contributed by atoms with Gasteiger partial charge in [-0.2, -0.15) is 0 Å². The lowest BCUT2D eigenvalue weighted by molar-refractivity contribution is 0.445. The Balaban J connectivity index is 0.00000676. The second-order valence-electron chi connectivity index (χ2n) is 7.89. The summed E-state index contributed by atoms with van der Waals surface area (Å²) in [4.78, 5) is 4.23. The molecule has 3 N–H and O–H groups in total. The molecule has 1 rings (SSSR count). The Morgan fingerprint density at radius 2 is 1.70 bits per heavy atom. The number of guanidine groups is 1. The summed E-state index contributed by atoms with van der Waals surface area (Å²) in [6, 6.07) is 8.70. The number of sulfonamides is 1. The molecule has 1 aromatic rings. The van der Waals surface area contributed by atoms with Crippen molar-refractivity contribution in [2.75, 3.05) is 19.8 Å². The first-order chi connectivity index (χ1) is 11.9. The smallest absolute Gasteiger partial charge is 0.209 e. The number of hydrogen-bond donors (Lipinski definition) is 3. The Morgan fingerprint density at radius 3 is 2.15 bits per heavy atom. The highest BCUT2D eigenvalue weighted by molar-refractivity contribution is 14.0. The molecule has 0 aliphatic rings. The molecule has 156 valence electrons. The molecule has 0 radical (unpaired) electrons. The quantitative estimate of drug-likeness (QED) is 0.285. The van der Waals surface area contributed by atoms with Gasteiger partial charge in [-0.1, -0.05) is 38.1 Å². The fourth-order valence-electron chi connectivity index (χ4n) is 2.74. The van der Waals surface area contributed by atoms with Crippen molar-refractivity contribution >= 4 is 40.0 Å². The number of halogens is 1. The van der Waals surface area contributed by atoms with Crippen LogP contribution in [0.5, 0.6) is 0 Å². The summed E-state index contributed by atoms with van der Waals surface area (Å²) in [6.07, 6.45) is 2.24. The van der Waals surface area contributed by atoms with Gasteiger partial charge in [0, 0.05) is 19.1 Å². The fourth-order valence-corrected chi connectivity index (χ4v) is 3.82. The molecule has 1 aromatic carbocycles. The fraction of sp³-hybridized carbons (Fsp3) is 0.632. The second kappa shape index (κ2) is 11.2. The predicted molar refractivity (Wildman–Crippen MR) is 125 cm³/mol. The molecule has 0 spiro atoms. The van der Waals surface area contributed by atoms with Crippen molar-refractivity contribution in [3.8, 4) is 0 Å². The van der Waals surface area contributed by atoms with Gasteiger partial charge in [0.25, 0.3) is 0 Å². The normalized spacial score (nSPS) is 13.9. The first-order valence-electron chi connectivity index (χ1n) is 8.97. The summed E-state index contributed by atoms with van der Waals surface area (Å²) in [6.45, 7) is 10.6. The van der Waals surface area contributed by atoms with E-state index in [1.807, 2.05) is 13.8 Å². The standard InChI is InChI=1S/C19H34N4O2S.HI/c1-14(2)12-16-8-10-17(11-9-16)15(3)22-18(20-6)21-13-19(4,5)23-26(7,24)25;/h8-11,14-15,23H,12-13H2,1-7H3,(H2,20,21,22);1H. The maximum atomic E-state index is 11.4. The van der Waals surface area contributed by atoms with Crippen LogP contribution in [0.3, 0.4) is 0 Å². The van der Waals surface area contributed by atoms with Gasteiger partial charge in [-0.05, 0) is 44.2 Å². The van der Waals surface area contributed by atoms with Crippen molar-refractivity contribution < 1.29 is 8.42 Å². The lowest BCUT2D eigenvalue weighted by Gasteiger charge is -2.27. The highest BCUT2D eigenvalue weighted by Gasteiger charge is 2.22. The molecule has 0 bridgehead atoms. The molecular weight excluding hydrogens is 475 g/mol. The van der Waals surface area contributed by atoms with Crippen LogP contribution < -0.4 is 15.4 Å². The van der Waals surface area contributed by atoms with Crippen LogP contribution in [0.2, 0.25) is 0 Å². The van der Waals surface area contributed by atoms with E-state index in [4.69, 9.17) is 0 Å². The Morgan fingerprint density at radius 1 is 1.15 bits per heavy atom. The molecule has 27 heavy (non-hydrogen) atoms. The van der Waals surface area contributed by atoms with Crippen molar-refractivity contribution in [3.63, 3.8) is 0 Å². The first-order valence-corrected chi connectivity index (χ1v) is 10.9. The minimum Gasteiger partial charge on any atom is -0.355 e. The van der Waals surface area contributed by atoms with E-state index >= 15 is 0 Å². The Kier molecular flexibility index (Phi) is 10.8. The zero-order valence-electron chi connectivity index (χ0n) is 17.5. The summed E-state index contributed by atoms with van der Waals surface area (Å²) in [5.41, 5.74) is 1.90. The third-order valence-corrected chi connectivity index (χ3v) is 4.78. The monoisotopic (exact) mass is 510 g/mol. The van der Waals surface area contributed by atoms with Gasteiger partial charge >= 0.3 is 0 Å². The number of rotatable bonds is 8. The molecule has 0 aromatic heterocycles. The number of nitrogens with one attached hydrogen (secondary N) is 3. The molecule has 0 heterocycles. The highest BCUT2D eigenvalue weighted by Crippen LogP contribution is 2.15. The van der Waals surface area contributed by atoms with Gasteiger partial charge < -0.3 is 10.6 Å². The van der Waals surface area contributed by atoms with Crippen LogP contribution in [0.25, 0.3) is 0 Å². The van der Waals surface area contributed by atoms with Gasteiger partial charge in [-0.15, -0.1) is 24.0 Å². The zero-order chi connectivity index (χ0) is 20.0. The van der Waals surface area contributed by atoms with Gasteiger partial charge in [-0.25, -0.2) is 13.1 Å². The topological polar surface area (TPSA) is 82.6 Å². The van der Waals surface area contributed by atoms with Gasteiger partial charge in [0.2, 0.25) is 10.0 Å². The van der Waals surface area contributed by atoms with Gasteiger partial charge in [-0.3, -0.25) is 4.99 Å². The minimum atomic E-state index is -3.27. The third kappa shape index (κ3) is 10.9. The maximum Gasteiger partial charge on any atom is 0.209 e. The maximum absolute atomic E-state index is 11.4. The zero-order valence-corrected chi connectivity index (χ0v) is 20.6. The number of nitrogens with zero attached hydrogens (tertiary/aromatic N) is 1. The van der Waals surface area contributed by atoms with Crippen LogP contribution in [0, 0.1) is 5.92 Å². The SMILES string of the molecule is CN=C(NCC(C)(C)NS(C)(=O)=O)NC(C)c1ccc(CC(C)C)cc1.I. The van der Waals surface area contributed by atoms with Gasteiger partial charge in [0.05, 0.1) is 12.3 Å². The van der Waals surface area contributed by atoms with Crippen molar-refractivity contribution in [3.05, 3.63) is 35.4 Å². The van der Waals surface area contributed by atoms with Crippen LogP contribution in [-0.4, -0.2) is 39.8 Å². The molecule has 1 unspecified atom stereocenters. The molecule has 0 fully saturated rings. The minimum absolute atomic E-state index is 0. The average Bonchev–Trinajstić information content (AvgIpc) is 2.49. The van der Waals surface area contributed by atoms with E-state index in [1.54, 1.807) is 7.05 Å². The summed E-state index contributed by atoms with van der Waals surface area (Å²) >= 11 is 0. The van der Waals surface area contributed by atoms with E-state index in [9.17, 15) is 8.42 Å². The van der Waals surface area contributed by atoms with Crippen LogP contribution >= 0.6 is 24.0 Å². The highest BCUT2D eigenvalue weighted by atomic mass is 127. The Labute approximate surface area is 182 Å². The predicted octanol–water partition coefficient (Wildman–Crippen LogP) is 3.06. The van der Waals surface area contributed by atoms with Crippen molar-refractivity contribution in [1.82, 2.24) is 15.4 Å². The van der Waals surface area contributed by atoms with Crippen molar-refractivity contribution in [2.45, 2.75) is 52.6 Å². The summed E-state index contributed by atoms with van der Waals surface area (Å²) < 4.78 is 25.5. The van der Waals surface area contributed by atoms with Crippen LogP contribution in [0.15, 0.2) is 29.3 Å². The van der Waals surface area contributed by atoms with E-state index in [2.05, 4.69) is 65.4 Å². The van der Waals surface area contributed by atoms with E-state index in [1.165, 1.54) is 11.1 Å². The lowest BCUT2D eigenvalue weighted by Crippen LogP contribution is -2.53.